The van der Waals surface area contributed by atoms with Crippen molar-refractivity contribution in [3.8, 4) is 0 Å². The first-order valence-corrected chi connectivity index (χ1v) is 7.98. The lowest BCUT2D eigenvalue weighted by Gasteiger charge is -1.97. The summed E-state index contributed by atoms with van der Waals surface area (Å²) in [6.45, 7) is 1.92. The predicted octanol–water partition coefficient (Wildman–Crippen LogP) is 1.97. The lowest BCUT2D eigenvalue weighted by Crippen LogP contribution is -2.19. The van der Waals surface area contributed by atoms with Gasteiger partial charge in [0, 0.05) is 6.42 Å². The first-order chi connectivity index (χ1) is 11.2. The number of anilines is 1. The Kier molecular flexibility index (Phi) is 6.37. The van der Waals surface area contributed by atoms with Crippen LogP contribution in [0.25, 0.3) is 0 Å². The van der Waals surface area contributed by atoms with Crippen molar-refractivity contribution in [2.45, 2.75) is 26.2 Å². The van der Waals surface area contributed by atoms with Gasteiger partial charge in [0.05, 0.1) is 12.6 Å². The molecule has 0 saturated heterocycles. The number of aromatic nitrogens is 2. The van der Waals surface area contributed by atoms with E-state index in [1.165, 1.54) is 11.3 Å². The second kappa shape index (κ2) is 8.74. The summed E-state index contributed by atoms with van der Waals surface area (Å²) in [6.07, 6.45) is 2.82. The number of amides is 2. The van der Waals surface area contributed by atoms with Gasteiger partial charge in [-0.2, -0.15) is 5.10 Å². The normalized spacial score (nSPS) is 10.7. The van der Waals surface area contributed by atoms with Gasteiger partial charge in [0.1, 0.15) is 5.01 Å². The highest BCUT2D eigenvalue weighted by Crippen LogP contribution is 2.15. The van der Waals surface area contributed by atoms with Gasteiger partial charge in [-0.05, 0) is 12.0 Å². The lowest BCUT2D eigenvalue weighted by molar-refractivity contribution is -0.120. The van der Waals surface area contributed by atoms with Gasteiger partial charge in [-0.1, -0.05) is 48.6 Å². The van der Waals surface area contributed by atoms with Gasteiger partial charge >= 0.3 is 0 Å². The Morgan fingerprint density at radius 3 is 2.74 bits per heavy atom. The minimum absolute atomic E-state index is 0.0629. The molecule has 0 unspecified atom stereocenters. The maximum Gasteiger partial charge on any atom is 0.247 e. The molecule has 1 heterocycles. The first kappa shape index (κ1) is 16.8. The van der Waals surface area contributed by atoms with Crippen LogP contribution in [0, 0.1) is 0 Å². The Morgan fingerprint density at radius 2 is 2.00 bits per heavy atom. The quantitative estimate of drug-likeness (QED) is 0.599. The molecule has 2 aromatic rings. The average Bonchev–Trinajstić information content (AvgIpc) is 2.95. The molecule has 0 bridgehead atoms. The van der Waals surface area contributed by atoms with Crippen LogP contribution in [0.5, 0.6) is 0 Å². The molecular formula is C15H17N5O2S. The maximum absolute atomic E-state index is 11.8. The summed E-state index contributed by atoms with van der Waals surface area (Å²) in [7, 11) is 0. The van der Waals surface area contributed by atoms with Crippen LogP contribution in [0.1, 0.15) is 30.3 Å². The molecule has 1 aromatic carbocycles. The summed E-state index contributed by atoms with van der Waals surface area (Å²) in [5.74, 6) is -0.396. The Balaban J connectivity index is 1.80. The van der Waals surface area contributed by atoms with E-state index in [0.29, 0.717) is 16.6 Å². The number of nitrogens with zero attached hydrogens (tertiary/aromatic N) is 3. The fraction of sp³-hybridized carbons (Fsp3) is 0.267. The molecular weight excluding hydrogens is 314 g/mol. The summed E-state index contributed by atoms with van der Waals surface area (Å²) in [5, 5.41) is 15.2. The molecule has 0 aliphatic carbocycles. The summed E-state index contributed by atoms with van der Waals surface area (Å²) < 4.78 is 0. The highest BCUT2D eigenvalue weighted by Gasteiger charge is 2.10. The number of benzene rings is 1. The van der Waals surface area contributed by atoms with Crippen LogP contribution in [-0.4, -0.2) is 28.2 Å². The zero-order valence-corrected chi connectivity index (χ0v) is 13.5. The molecule has 0 aliphatic rings. The van der Waals surface area contributed by atoms with E-state index < -0.39 is 0 Å². The van der Waals surface area contributed by atoms with Crippen LogP contribution < -0.4 is 10.7 Å². The number of carbonyl (C=O) groups excluding carboxylic acids is 2. The Bertz CT molecular complexity index is 684. The van der Waals surface area contributed by atoms with Crippen molar-refractivity contribution in [3.63, 3.8) is 0 Å². The third kappa shape index (κ3) is 5.95. The van der Waals surface area contributed by atoms with Crippen molar-refractivity contribution in [3.05, 3.63) is 40.9 Å². The van der Waals surface area contributed by atoms with Gasteiger partial charge in [-0.3, -0.25) is 9.59 Å². The minimum Gasteiger partial charge on any atom is -0.301 e. The summed E-state index contributed by atoms with van der Waals surface area (Å²) >= 11 is 1.18. The Hall–Kier alpha value is -2.61. The molecule has 0 fully saturated rings. The van der Waals surface area contributed by atoms with Crippen molar-refractivity contribution < 1.29 is 9.59 Å². The topological polar surface area (TPSA) is 96.3 Å². The smallest absolute Gasteiger partial charge is 0.247 e. The van der Waals surface area contributed by atoms with Crippen LogP contribution >= 0.6 is 11.3 Å². The molecule has 0 spiro atoms. The monoisotopic (exact) mass is 331 g/mol. The largest absolute Gasteiger partial charge is 0.301 e. The van der Waals surface area contributed by atoms with Crippen LogP contribution in [0.2, 0.25) is 0 Å². The van der Waals surface area contributed by atoms with E-state index in [-0.39, 0.29) is 18.2 Å². The molecule has 2 amide bonds. The van der Waals surface area contributed by atoms with Gasteiger partial charge in [0.15, 0.2) is 0 Å². The molecule has 1 aromatic heterocycles. The summed E-state index contributed by atoms with van der Waals surface area (Å²) in [6, 6.07) is 9.44. The molecule has 0 radical (unpaired) electrons. The second-order valence-electron chi connectivity index (χ2n) is 4.68. The van der Waals surface area contributed by atoms with Crippen molar-refractivity contribution in [1.82, 2.24) is 15.6 Å². The highest BCUT2D eigenvalue weighted by atomic mass is 32.1. The third-order valence-electron chi connectivity index (χ3n) is 2.70. The van der Waals surface area contributed by atoms with E-state index in [2.05, 4.69) is 26.0 Å². The van der Waals surface area contributed by atoms with Crippen LogP contribution in [0.3, 0.4) is 0 Å². The van der Waals surface area contributed by atoms with Gasteiger partial charge < -0.3 is 5.32 Å². The van der Waals surface area contributed by atoms with Crippen molar-refractivity contribution in [2.75, 3.05) is 5.32 Å². The van der Waals surface area contributed by atoms with Gasteiger partial charge in [-0.15, -0.1) is 10.2 Å². The molecule has 2 rings (SSSR count). The first-order valence-electron chi connectivity index (χ1n) is 7.16. The average molecular weight is 331 g/mol. The SMILES string of the molecule is CCCC(=O)Nc1nnc(CC(=O)N/N=C/c2ccccc2)s1. The van der Waals surface area contributed by atoms with E-state index in [1.807, 2.05) is 37.3 Å². The summed E-state index contributed by atoms with van der Waals surface area (Å²) in [5.41, 5.74) is 3.33. The molecule has 0 aliphatic heterocycles. The van der Waals surface area contributed by atoms with Crippen LogP contribution in [0.15, 0.2) is 35.4 Å². The molecule has 8 heteroatoms. The second-order valence-corrected chi connectivity index (χ2v) is 5.74. The fourth-order valence-electron chi connectivity index (χ4n) is 1.68. The third-order valence-corrected chi connectivity index (χ3v) is 3.54. The standard InChI is InChI=1S/C15H17N5O2S/c1-2-6-12(21)17-15-20-19-14(23-15)9-13(22)18-16-10-11-7-4-3-5-8-11/h3-5,7-8,10H,2,6,9H2,1H3,(H,18,22)(H,17,20,21)/b16-10+. The maximum atomic E-state index is 11.8. The Labute approximate surface area is 137 Å². The fourth-order valence-corrected chi connectivity index (χ4v) is 2.43. The van der Waals surface area contributed by atoms with Crippen LogP contribution in [0.4, 0.5) is 5.13 Å². The molecule has 2 N–H and O–H groups in total. The van der Waals surface area contributed by atoms with Gasteiger partial charge in [0.25, 0.3) is 0 Å². The predicted molar refractivity (Wildman–Crippen MR) is 89.3 cm³/mol. The number of hydrogen-bond acceptors (Lipinski definition) is 6. The van der Waals surface area contributed by atoms with Gasteiger partial charge in [-0.25, -0.2) is 5.43 Å². The van der Waals surface area contributed by atoms with E-state index in [0.717, 1.165) is 12.0 Å². The van der Waals surface area contributed by atoms with E-state index in [1.54, 1.807) is 6.21 Å². The number of nitrogens with one attached hydrogen (secondary N) is 2. The van der Waals surface area contributed by atoms with E-state index in [4.69, 9.17) is 0 Å². The van der Waals surface area contributed by atoms with Crippen molar-refractivity contribution >= 4 is 34.5 Å². The zero-order valence-electron chi connectivity index (χ0n) is 12.7. The number of carbonyl (C=O) groups is 2. The molecule has 120 valence electrons. The number of rotatable bonds is 7. The van der Waals surface area contributed by atoms with Gasteiger partial charge in [0.2, 0.25) is 16.9 Å². The molecule has 23 heavy (non-hydrogen) atoms. The summed E-state index contributed by atoms with van der Waals surface area (Å²) in [4.78, 5) is 23.2. The zero-order chi connectivity index (χ0) is 16.5. The van der Waals surface area contributed by atoms with E-state index in [9.17, 15) is 9.59 Å². The number of hydrazone groups is 1. The molecule has 0 saturated carbocycles. The minimum atomic E-state index is -0.292. The van der Waals surface area contributed by atoms with Crippen LogP contribution in [-0.2, 0) is 16.0 Å². The van der Waals surface area contributed by atoms with Crippen molar-refractivity contribution in [1.29, 1.82) is 0 Å². The van der Waals surface area contributed by atoms with E-state index >= 15 is 0 Å². The van der Waals surface area contributed by atoms with Crippen molar-refractivity contribution in [2.24, 2.45) is 5.10 Å². The Morgan fingerprint density at radius 1 is 1.22 bits per heavy atom. The molecule has 7 nitrogen and oxygen atoms in total. The molecule has 0 atom stereocenters. The number of hydrogen-bond donors (Lipinski definition) is 2. The highest BCUT2D eigenvalue weighted by molar-refractivity contribution is 7.15. The lowest BCUT2D eigenvalue weighted by atomic mass is 10.2.